The third-order valence-electron chi connectivity index (χ3n) is 3.81. The van der Waals surface area contributed by atoms with Crippen molar-refractivity contribution in [2.45, 2.75) is 13.3 Å². The number of anilines is 1. The van der Waals surface area contributed by atoms with E-state index in [-0.39, 0.29) is 11.5 Å². The summed E-state index contributed by atoms with van der Waals surface area (Å²) in [5.74, 6) is -0.629. The Morgan fingerprint density at radius 2 is 2.04 bits per heavy atom. The summed E-state index contributed by atoms with van der Waals surface area (Å²) < 4.78 is 6.10. The van der Waals surface area contributed by atoms with Crippen molar-refractivity contribution in [1.82, 2.24) is 0 Å². The second kappa shape index (κ2) is 8.37. The van der Waals surface area contributed by atoms with Gasteiger partial charge in [0.05, 0.1) is 22.8 Å². The van der Waals surface area contributed by atoms with Crippen LogP contribution < -0.4 is 9.64 Å². The summed E-state index contributed by atoms with van der Waals surface area (Å²) in [7, 11) is 0. The minimum atomic E-state index is -1.06. The minimum Gasteiger partial charge on any atom is -0.493 e. The molecule has 1 amide bonds. The number of carboxylic acid groups (broad SMARTS) is 1. The molecule has 0 aromatic heterocycles. The minimum absolute atomic E-state index is 0.101. The smallest absolute Gasteiger partial charge is 0.335 e. The van der Waals surface area contributed by atoms with Crippen LogP contribution in [-0.4, -0.2) is 27.9 Å². The topological polar surface area (TPSA) is 66.8 Å². The van der Waals surface area contributed by atoms with Crippen molar-refractivity contribution in [2.24, 2.45) is 0 Å². The maximum absolute atomic E-state index is 12.9. The summed E-state index contributed by atoms with van der Waals surface area (Å²) in [6.45, 7) is 2.62. The Kier molecular flexibility index (Phi) is 5.93. The van der Waals surface area contributed by atoms with E-state index in [0.29, 0.717) is 27.3 Å². The first-order chi connectivity index (χ1) is 13.0. The summed E-state index contributed by atoms with van der Waals surface area (Å²) in [5, 5.41) is 9.17. The number of thioether (sulfide) groups is 1. The highest BCUT2D eigenvalue weighted by atomic mass is 32.2. The first-order valence-corrected chi connectivity index (χ1v) is 9.57. The molecule has 0 spiro atoms. The molecule has 0 saturated carbocycles. The molecule has 1 aliphatic heterocycles. The normalized spacial score (nSPS) is 15.4. The van der Waals surface area contributed by atoms with Crippen LogP contribution in [-0.2, 0) is 4.79 Å². The number of carbonyl (C=O) groups is 2. The van der Waals surface area contributed by atoms with E-state index in [1.165, 1.54) is 28.8 Å². The molecule has 0 aliphatic carbocycles. The van der Waals surface area contributed by atoms with E-state index in [1.807, 2.05) is 31.2 Å². The van der Waals surface area contributed by atoms with E-state index in [4.69, 9.17) is 22.1 Å². The number of para-hydroxylation sites is 1. The maximum Gasteiger partial charge on any atom is 0.335 e. The first-order valence-electron chi connectivity index (χ1n) is 8.34. The Balaban J connectivity index is 1.92. The average Bonchev–Trinajstić information content (AvgIpc) is 2.94. The molecule has 7 heteroatoms. The summed E-state index contributed by atoms with van der Waals surface area (Å²) in [4.78, 5) is 25.9. The highest BCUT2D eigenvalue weighted by Gasteiger charge is 2.33. The molecule has 1 heterocycles. The lowest BCUT2D eigenvalue weighted by molar-refractivity contribution is -0.113. The number of carbonyl (C=O) groups excluding carboxylic acids is 1. The molecular formula is C20H17NO4S2. The number of ether oxygens (including phenoxy) is 1. The molecule has 1 N–H and O–H groups in total. The van der Waals surface area contributed by atoms with Crippen molar-refractivity contribution < 1.29 is 19.4 Å². The van der Waals surface area contributed by atoms with E-state index in [1.54, 1.807) is 18.2 Å². The number of rotatable bonds is 6. The van der Waals surface area contributed by atoms with E-state index >= 15 is 0 Å². The Morgan fingerprint density at radius 3 is 2.78 bits per heavy atom. The van der Waals surface area contributed by atoms with Crippen molar-refractivity contribution in [3.8, 4) is 5.75 Å². The zero-order chi connectivity index (χ0) is 19.4. The van der Waals surface area contributed by atoms with Crippen LogP contribution >= 0.6 is 24.0 Å². The fourth-order valence-electron chi connectivity index (χ4n) is 2.55. The van der Waals surface area contributed by atoms with Crippen LogP contribution in [0.5, 0.6) is 5.75 Å². The molecule has 3 rings (SSSR count). The highest BCUT2D eigenvalue weighted by Crippen LogP contribution is 2.37. The van der Waals surface area contributed by atoms with Crippen molar-refractivity contribution >= 4 is 51.9 Å². The number of benzene rings is 2. The van der Waals surface area contributed by atoms with Crippen LogP contribution in [0.3, 0.4) is 0 Å². The van der Waals surface area contributed by atoms with Crippen LogP contribution in [0, 0.1) is 0 Å². The van der Waals surface area contributed by atoms with Crippen LogP contribution in [0.15, 0.2) is 53.4 Å². The molecule has 0 unspecified atom stereocenters. The fourth-order valence-corrected chi connectivity index (χ4v) is 3.84. The highest BCUT2D eigenvalue weighted by molar-refractivity contribution is 8.27. The SMILES string of the molecule is CCCOc1ccccc1C=C1SC(=S)N(c2cccc(C(=O)O)c2)C1=O. The molecule has 0 radical (unpaired) electrons. The second-order valence-corrected chi connectivity index (χ2v) is 7.43. The standard InChI is InChI=1S/C20H17NO4S2/c1-2-10-25-16-9-4-3-6-13(16)12-17-18(22)21(20(26)27-17)15-8-5-7-14(11-15)19(23)24/h3-9,11-12H,2,10H2,1H3,(H,23,24). The van der Waals surface area contributed by atoms with Crippen molar-refractivity contribution in [1.29, 1.82) is 0 Å². The van der Waals surface area contributed by atoms with Gasteiger partial charge in [0.15, 0.2) is 4.32 Å². The number of carboxylic acids is 1. The van der Waals surface area contributed by atoms with Crippen LogP contribution in [0.2, 0.25) is 0 Å². The lowest BCUT2D eigenvalue weighted by Crippen LogP contribution is -2.27. The molecule has 27 heavy (non-hydrogen) atoms. The molecule has 5 nitrogen and oxygen atoms in total. The Morgan fingerprint density at radius 1 is 1.26 bits per heavy atom. The third kappa shape index (κ3) is 4.20. The van der Waals surface area contributed by atoms with Gasteiger partial charge in [-0.15, -0.1) is 0 Å². The second-order valence-electron chi connectivity index (χ2n) is 5.76. The Hall–Kier alpha value is -2.64. The Labute approximate surface area is 166 Å². The zero-order valence-electron chi connectivity index (χ0n) is 14.5. The molecule has 1 aliphatic rings. The number of hydrogen-bond acceptors (Lipinski definition) is 5. The van der Waals surface area contributed by atoms with Gasteiger partial charge in [0.25, 0.3) is 5.91 Å². The Bertz CT molecular complexity index is 939. The third-order valence-corrected chi connectivity index (χ3v) is 5.11. The maximum atomic E-state index is 12.9. The monoisotopic (exact) mass is 399 g/mol. The van der Waals surface area contributed by atoms with Gasteiger partial charge in [0.1, 0.15) is 5.75 Å². The first kappa shape index (κ1) is 19.1. The molecule has 0 atom stereocenters. The number of amides is 1. The van der Waals surface area contributed by atoms with Gasteiger partial charge in [0, 0.05) is 5.56 Å². The molecular weight excluding hydrogens is 382 g/mol. The molecule has 138 valence electrons. The molecule has 1 saturated heterocycles. The van der Waals surface area contributed by atoms with Gasteiger partial charge in [-0.1, -0.05) is 55.2 Å². The van der Waals surface area contributed by atoms with Crippen molar-refractivity contribution in [2.75, 3.05) is 11.5 Å². The number of thiocarbonyl (C=S) groups is 1. The summed E-state index contributed by atoms with van der Waals surface area (Å²) in [6, 6.07) is 13.7. The predicted octanol–water partition coefficient (Wildman–Crippen LogP) is 4.58. The van der Waals surface area contributed by atoms with Gasteiger partial charge in [-0.3, -0.25) is 9.69 Å². The van der Waals surface area contributed by atoms with Gasteiger partial charge in [0.2, 0.25) is 0 Å². The molecule has 2 aromatic rings. The van der Waals surface area contributed by atoms with E-state index < -0.39 is 5.97 Å². The van der Waals surface area contributed by atoms with Crippen molar-refractivity contribution in [3.05, 3.63) is 64.6 Å². The van der Waals surface area contributed by atoms with Gasteiger partial charge in [-0.05, 0) is 36.8 Å². The van der Waals surface area contributed by atoms with Gasteiger partial charge < -0.3 is 9.84 Å². The van der Waals surface area contributed by atoms with Gasteiger partial charge >= 0.3 is 5.97 Å². The largest absolute Gasteiger partial charge is 0.493 e. The van der Waals surface area contributed by atoms with E-state index in [2.05, 4.69) is 0 Å². The molecule has 1 fully saturated rings. The lowest BCUT2D eigenvalue weighted by atomic mass is 10.1. The quantitative estimate of drug-likeness (QED) is 0.567. The zero-order valence-corrected chi connectivity index (χ0v) is 16.2. The predicted molar refractivity (Wildman–Crippen MR) is 111 cm³/mol. The number of nitrogens with zero attached hydrogens (tertiary/aromatic N) is 1. The summed E-state index contributed by atoms with van der Waals surface area (Å²) in [5.41, 5.74) is 1.34. The van der Waals surface area contributed by atoms with Crippen LogP contribution in [0.1, 0.15) is 29.3 Å². The van der Waals surface area contributed by atoms with Crippen LogP contribution in [0.25, 0.3) is 6.08 Å². The summed E-state index contributed by atoms with van der Waals surface area (Å²) >= 11 is 6.54. The average molecular weight is 399 g/mol. The van der Waals surface area contributed by atoms with Crippen LogP contribution in [0.4, 0.5) is 5.69 Å². The van der Waals surface area contributed by atoms with Gasteiger partial charge in [-0.2, -0.15) is 0 Å². The van der Waals surface area contributed by atoms with Gasteiger partial charge in [-0.25, -0.2) is 4.79 Å². The van der Waals surface area contributed by atoms with E-state index in [9.17, 15) is 9.59 Å². The molecule has 2 aromatic carbocycles. The van der Waals surface area contributed by atoms with E-state index in [0.717, 1.165) is 12.0 Å². The fraction of sp³-hybridized carbons (Fsp3) is 0.150. The number of aromatic carboxylic acids is 1. The molecule has 0 bridgehead atoms. The summed E-state index contributed by atoms with van der Waals surface area (Å²) in [6.07, 6.45) is 2.64. The lowest BCUT2D eigenvalue weighted by Gasteiger charge is -2.14. The number of hydrogen-bond donors (Lipinski definition) is 1. The van der Waals surface area contributed by atoms with Crippen molar-refractivity contribution in [3.63, 3.8) is 0 Å².